The number of benzene rings is 1. The number of hydrogen-bond acceptors (Lipinski definition) is 5. The van der Waals surface area contributed by atoms with Gasteiger partial charge in [-0.15, -0.1) is 0 Å². The van der Waals surface area contributed by atoms with E-state index in [1.807, 2.05) is 0 Å². The van der Waals surface area contributed by atoms with E-state index in [2.05, 4.69) is 4.98 Å². The van der Waals surface area contributed by atoms with E-state index in [9.17, 15) is 18.4 Å². The highest BCUT2D eigenvalue weighted by Gasteiger charge is 2.36. The Morgan fingerprint density at radius 2 is 1.68 bits per heavy atom. The maximum Gasteiger partial charge on any atom is 0.434 e. The Hall–Kier alpha value is -3.69. The number of carbonyl (C=O) groups is 2. The van der Waals surface area contributed by atoms with Crippen LogP contribution in [-0.4, -0.2) is 50.0 Å². The molecule has 3 aromatic rings. The maximum atomic E-state index is 14.1. The molecule has 0 radical (unpaired) electrons. The lowest BCUT2D eigenvalue weighted by atomic mass is 10.1. The van der Waals surface area contributed by atoms with Crippen LogP contribution in [0.1, 0.15) is 73.8 Å². The van der Waals surface area contributed by atoms with E-state index in [0.29, 0.717) is 24.4 Å². The molecule has 4 rings (SSSR count). The predicted octanol–water partition coefficient (Wildman–Crippen LogP) is 5.98. The van der Waals surface area contributed by atoms with Gasteiger partial charge in [0.05, 0.1) is 16.8 Å². The number of halogens is 2. The van der Waals surface area contributed by atoms with Crippen LogP contribution in [0.4, 0.5) is 13.6 Å². The van der Waals surface area contributed by atoms with Gasteiger partial charge >= 0.3 is 12.0 Å². The molecular weight excluding hydrogens is 494 g/mol. The highest BCUT2D eigenvalue weighted by atomic mass is 19.1. The van der Waals surface area contributed by atoms with Gasteiger partial charge in [-0.2, -0.15) is 5.06 Å². The summed E-state index contributed by atoms with van der Waals surface area (Å²) in [7, 11) is 0. The summed E-state index contributed by atoms with van der Waals surface area (Å²) in [5, 5.41) is 1.09. The lowest BCUT2D eigenvalue weighted by molar-refractivity contribution is -0.130. The van der Waals surface area contributed by atoms with E-state index in [4.69, 9.17) is 9.57 Å². The van der Waals surface area contributed by atoms with Crippen molar-refractivity contribution in [2.75, 3.05) is 13.1 Å². The van der Waals surface area contributed by atoms with Crippen LogP contribution in [0.25, 0.3) is 5.65 Å². The number of aryl methyl sites for hydroxylation is 2. The van der Waals surface area contributed by atoms with Crippen molar-refractivity contribution in [3.63, 3.8) is 0 Å². The van der Waals surface area contributed by atoms with Crippen molar-refractivity contribution in [3.05, 3.63) is 64.6 Å². The van der Waals surface area contributed by atoms with Gasteiger partial charge in [-0.3, -0.25) is 9.20 Å². The number of hydroxylamine groups is 2. The Kier molecular flexibility index (Phi) is 7.89. The van der Waals surface area contributed by atoms with Crippen molar-refractivity contribution >= 4 is 17.6 Å². The minimum Gasteiger partial charge on any atom is -0.485 e. The van der Waals surface area contributed by atoms with Crippen molar-refractivity contribution in [1.82, 2.24) is 19.3 Å². The number of carbonyl (C=O) groups excluding carboxylic acids is 2. The second-order valence-electron chi connectivity index (χ2n) is 10.6. The molecule has 38 heavy (non-hydrogen) atoms. The summed E-state index contributed by atoms with van der Waals surface area (Å²) in [5.74, 6) is -1.70. The van der Waals surface area contributed by atoms with Crippen molar-refractivity contribution in [2.45, 2.75) is 72.4 Å². The molecular formula is C28H34F2N4O4. The standard InChI is InChI=1S/C28H34F2N4O4/c1-18-15-23(37-17-20-21(29)11-10-12-22(20)30)25-31-19(2)24(33(25)16-18)26(35)34(28(3,4)5)38-27(36)32-13-8-6-7-9-14-32/h10-12,15-16H,6-9,13-14,17H2,1-5H3. The monoisotopic (exact) mass is 528 g/mol. The summed E-state index contributed by atoms with van der Waals surface area (Å²) < 4.78 is 35.7. The van der Waals surface area contributed by atoms with Crippen LogP contribution >= 0.6 is 0 Å². The van der Waals surface area contributed by atoms with Gasteiger partial charge in [0.25, 0.3) is 0 Å². The van der Waals surface area contributed by atoms with Gasteiger partial charge in [0.2, 0.25) is 0 Å². The fourth-order valence-corrected chi connectivity index (χ4v) is 4.51. The molecule has 1 aliphatic rings. The molecule has 0 N–H and O–H groups in total. The van der Waals surface area contributed by atoms with Crippen LogP contribution in [0, 0.1) is 25.5 Å². The van der Waals surface area contributed by atoms with Crippen LogP contribution in [0.3, 0.4) is 0 Å². The second kappa shape index (κ2) is 11.0. The summed E-state index contributed by atoms with van der Waals surface area (Å²) in [4.78, 5) is 38.8. The van der Waals surface area contributed by atoms with Gasteiger partial charge in [-0.05, 0) is 71.2 Å². The number of pyridine rings is 1. The molecule has 2 aromatic heterocycles. The molecule has 2 amide bonds. The van der Waals surface area contributed by atoms with E-state index >= 15 is 0 Å². The molecule has 0 spiro atoms. The van der Waals surface area contributed by atoms with Gasteiger partial charge in [-0.1, -0.05) is 18.9 Å². The topological polar surface area (TPSA) is 76.4 Å². The Morgan fingerprint density at radius 1 is 1.05 bits per heavy atom. The SMILES string of the molecule is Cc1cc(OCc2c(F)cccc2F)c2nc(C)c(C(=O)N(OC(=O)N3CCCCCC3)C(C)(C)C)n2c1. The van der Waals surface area contributed by atoms with Crippen LogP contribution < -0.4 is 4.74 Å². The Morgan fingerprint density at radius 3 is 2.29 bits per heavy atom. The molecule has 1 saturated heterocycles. The highest BCUT2D eigenvalue weighted by Crippen LogP contribution is 2.28. The Labute approximate surface area is 221 Å². The fraction of sp³-hybridized carbons (Fsp3) is 0.464. The highest BCUT2D eigenvalue weighted by molar-refractivity contribution is 5.95. The number of aromatic nitrogens is 2. The smallest absolute Gasteiger partial charge is 0.434 e. The lowest BCUT2D eigenvalue weighted by Gasteiger charge is -2.34. The van der Waals surface area contributed by atoms with E-state index in [0.717, 1.165) is 48.4 Å². The third-order valence-electron chi connectivity index (χ3n) is 6.46. The number of imidazole rings is 1. The summed E-state index contributed by atoms with van der Waals surface area (Å²) >= 11 is 0. The van der Waals surface area contributed by atoms with E-state index in [-0.39, 0.29) is 23.6 Å². The van der Waals surface area contributed by atoms with E-state index < -0.39 is 29.2 Å². The van der Waals surface area contributed by atoms with Gasteiger partial charge in [0.15, 0.2) is 11.4 Å². The molecule has 3 heterocycles. The van der Waals surface area contributed by atoms with Gasteiger partial charge in [-0.25, -0.2) is 18.6 Å². The number of nitrogens with zero attached hydrogens (tertiary/aromatic N) is 4. The molecule has 0 bridgehead atoms. The first-order chi connectivity index (χ1) is 18.0. The number of amides is 2. The average molecular weight is 529 g/mol. The number of rotatable bonds is 4. The van der Waals surface area contributed by atoms with Crippen molar-refractivity contribution in [3.8, 4) is 5.75 Å². The van der Waals surface area contributed by atoms with Crippen LogP contribution in [0.5, 0.6) is 5.75 Å². The molecule has 1 aliphatic heterocycles. The lowest BCUT2D eigenvalue weighted by Crippen LogP contribution is -2.49. The van der Waals surface area contributed by atoms with Crippen LogP contribution in [0.15, 0.2) is 30.5 Å². The zero-order chi connectivity index (χ0) is 27.6. The molecule has 0 aliphatic carbocycles. The summed E-state index contributed by atoms with van der Waals surface area (Å²) in [5.41, 5.74) is 0.580. The molecule has 204 valence electrons. The normalized spacial score (nSPS) is 14.3. The maximum absolute atomic E-state index is 14.1. The Bertz CT molecular complexity index is 1320. The van der Waals surface area contributed by atoms with Crippen LogP contribution in [0.2, 0.25) is 0 Å². The Balaban J connectivity index is 1.67. The average Bonchev–Trinajstić information content (AvgIpc) is 2.99. The number of hydrogen-bond donors (Lipinski definition) is 0. The van der Waals surface area contributed by atoms with Crippen molar-refractivity contribution < 1.29 is 27.9 Å². The van der Waals surface area contributed by atoms with Gasteiger partial charge < -0.3 is 14.5 Å². The van der Waals surface area contributed by atoms with Crippen molar-refractivity contribution in [2.24, 2.45) is 0 Å². The quantitative estimate of drug-likeness (QED) is 0.390. The summed E-state index contributed by atoms with van der Waals surface area (Å²) in [6.45, 7) is 9.64. The summed E-state index contributed by atoms with van der Waals surface area (Å²) in [6, 6.07) is 5.31. The number of likely N-dealkylation sites (tertiary alicyclic amines) is 1. The van der Waals surface area contributed by atoms with Gasteiger partial charge in [0, 0.05) is 19.3 Å². The van der Waals surface area contributed by atoms with Gasteiger partial charge in [0.1, 0.15) is 23.9 Å². The van der Waals surface area contributed by atoms with E-state index in [1.54, 1.807) is 56.2 Å². The molecule has 0 atom stereocenters. The molecule has 8 nitrogen and oxygen atoms in total. The zero-order valence-electron chi connectivity index (χ0n) is 22.5. The molecule has 1 aromatic carbocycles. The number of fused-ring (bicyclic) bond motifs is 1. The molecule has 10 heteroatoms. The minimum absolute atomic E-state index is 0.198. The fourth-order valence-electron chi connectivity index (χ4n) is 4.51. The molecule has 0 unspecified atom stereocenters. The predicted molar refractivity (Wildman–Crippen MR) is 138 cm³/mol. The molecule has 1 fully saturated rings. The first-order valence-electron chi connectivity index (χ1n) is 12.8. The third-order valence-corrected chi connectivity index (χ3v) is 6.46. The minimum atomic E-state index is -0.847. The van der Waals surface area contributed by atoms with E-state index in [1.165, 1.54) is 6.07 Å². The van der Waals surface area contributed by atoms with Crippen LogP contribution in [-0.2, 0) is 11.4 Å². The zero-order valence-corrected chi connectivity index (χ0v) is 22.5. The largest absolute Gasteiger partial charge is 0.485 e. The first-order valence-corrected chi connectivity index (χ1v) is 12.8. The summed E-state index contributed by atoms with van der Waals surface area (Å²) in [6.07, 6.45) is 5.05. The third kappa shape index (κ3) is 5.74. The second-order valence-corrected chi connectivity index (χ2v) is 10.6. The molecule has 0 saturated carbocycles. The number of ether oxygens (including phenoxy) is 1. The van der Waals surface area contributed by atoms with Crippen molar-refractivity contribution in [1.29, 1.82) is 0 Å². The first kappa shape index (κ1) is 27.3.